The Hall–Kier alpha value is -1.85. The number of amides is 1. The molecule has 0 fully saturated rings. The average molecular weight is 310 g/mol. The van der Waals surface area contributed by atoms with Crippen LogP contribution in [-0.2, 0) is 4.79 Å². The van der Waals surface area contributed by atoms with Crippen molar-refractivity contribution in [3.05, 3.63) is 51.2 Å². The van der Waals surface area contributed by atoms with Crippen LogP contribution in [-0.4, -0.2) is 23.5 Å². The van der Waals surface area contributed by atoms with E-state index in [1.807, 2.05) is 19.1 Å². The minimum atomic E-state index is -1.07. The van der Waals surface area contributed by atoms with Crippen LogP contribution in [0.1, 0.15) is 15.2 Å². The van der Waals surface area contributed by atoms with Gasteiger partial charge >= 0.3 is 5.97 Å². The molecule has 1 heterocycles. The minimum absolute atomic E-state index is 0.367. The number of carboxylic acid groups (broad SMARTS) is 1. The first-order valence-electron chi connectivity index (χ1n) is 5.83. The number of hydrogen-bond donors (Lipinski definition) is 1. The predicted octanol–water partition coefficient (Wildman–Crippen LogP) is 3.44. The van der Waals surface area contributed by atoms with Crippen LogP contribution in [0.15, 0.2) is 36.4 Å². The van der Waals surface area contributed by atoms with E-state index in [-0.39, 0.29) is 5.91 Å². The Balaban J connectivity index is 2.34. The molecule has 0 aliphatic heterocycles. The SMILES string of the molecule is Cc1ccc(N(CC(=O)O)C(=O)c2ccc(Cl)s2)cc1. The van der Waals surface area contributed by atoms with Gasteiger partial charge in [-0.3, -0.25) is 14.5 Å². The van der Waals surface area contributed by atoms with Gasteiger partial charge in [0.05, 0.1) is 9.21 Å². The van der Waals surface area contributed by atoms with Gasteiger partial charge in [0.1, 0.15) is 6.54 Å². The first kappa shape index (κ1) is 14.6. The van der Waals surface area contributed by atoms with Gasteiger partial charge in [0, 0.05) is 5.69 Å². The van der Waals surface area contributed by atoms with Crippen LogP contribution in [0.5, 0.6) is 0 Å². The Bertz CT molecular complexity index is 636. The van der Waals surface area contributed by atoms with Crippen LogP contribution in [0, 0.1) is 6.92 Å². The highest BCUT2D eigenvalue weighted by Crippen LogP contribution is 2.25. The van der Waals surface area contributed by atoms with Crippen molar-refractivity contribution in [3.63, 3.8) is 0 Å². The number of hydrogen-bond acceptors (Lipinski definition) is 3. The molecule has 0 aliphatic rings. The number of rotatable bonds is 4. The van der Waals surface area contributed by atoms with E-state index in [9.17, 15) is 9.59 Å². The van der Waals surface area contributed by atoms with Gasteiger partial charge in [-0.05, 0) is 31.2 Å². The smallest absolute Gasteiger partial charge is 0.323 e. The second-order valence-corrected chi connectivity index (χ2v) is 5.94. The van der Waals surface area contributed by atoms with Gasteiger partial charge in [-0.1, -0.05) is 29.3 Å². The van der Waals surface area contributed by atoms with Crippen molar-refractivity contribution < 1.29 is 14.7 Å². The van der Waals surface area contributed by atoms with Crippen LogP contribution < -0.4 is 4.90 Å². The Morgan fingerprint density at radius 1 is 1.20 bits per heavy atom. The van der Waals surface area contributed by atoms with Crippen LogP contribution in [0.3, 0.4) is 0 Å². The number of halogens is 1. The molecule has 0 unspecified atom stereocenters. The van der Waals surface area contributed by atoms with Crippen molar-refractivity contribution in [2.24, 2.45) is 0 Å². The third-order valence-electron chi connectivity index (χ3n) is 2.67. The third kappa shape index (κ3) is 3.37. The summed E-state index contributed by atoms with van der Waals surface area (Å²) in [6.07, 6.45) is 0. The number of aliphatic carboxylic acids is 1. The molecule has 104 valence electrons. The zero-order chi connectivity index (χ0) is 14.7. The zero-order valence-electron chi connectivity index (χ0n) is 10.7. The lowest BCUT2D eigenvalue weighted by molar-refractivity contribution is -0.135. The summed E-state index contributed by atoms with van der Waals surface area (Å²) in [6.45, 7) is 1.53. The second-order valence-electron chi connectivity index (χ2n) is 4.22. The number of carboxylic acids is 1. The first-order chi connectivity index (χ1) is 9.47. The Kier molecular flexibility index (Phi) is 4.42. The lowest BCUT2D eigenvalue weighted by Gasteiger charge is -2.20. The van der Waals surface area contributed by atoms with Gasteiger partial charge in [0.2, 0.25) is 0 Å². The molecule has 4 nitrogen and oxygen atoms in total. The third-order valence-corrected chi connectivity index (χ3v) is 3.89. The highest BCUT2D eigenvalue weighted by molar-refractivity contribution is 7.18. The molecule has 1 N–H and O–H groups in total. The largest absolute Gasteiger partial charge is 0.480 e. The van der Waals surface area contributed by atoms with Crippen molar-refractivity contribution in [2.45, 2.75) is 6.92 Å². The van der Waals surface area contributed by atoms with E-state index in [4.69, 9.17) is 16.7 Å². The Morgan fingerprint density at radius 2 is 1.85 bits per heavy atom. The summed E-state index contributed by atoms with van der Waals surface area (Å²) in [5.74, 6) is -1.44. The molecule has 0 aliphatic carbocycles. The highest BCUT2D eigenvalue weighted by Gasteiger charge is 2.21. The topological polar surface area (TPSA) is 57.6 Å². The fraction of sp³-hybridized carbons (Fsp3) is 0.143. The van der Waals surface area contributed by atoms with Gasteiger partial charge in [0.25, 0.3) is 5.91 Å². The predicted molar refractivity (Wildman–Crippen MR) is 79.8 cm³/mol. The molecule has 2 aromatic rings. The lowest BCUT2D eigenvalue weighted by Crippen LogP contribution is -2.35. The first-order valence-corrected chi connectivity index (χ1v) is 7.02. The molecule has 0 saturated heterocycles. The van der Waals surface area contributed by atoms with Crippen LogP contribution in [0.2, 0.25) is 4.34 Å². The summed E-state index contributed by atoms with van der Waals surface area (Å²) in [4.78, 5) is 25.0. The van der Waals surface area contributed by atoms with Crippen molar-refractivity contribution in [2.75, 3.05) is 11.4 Å². The van der Waals surface area contributed by atoms with Crippen molar-refractivity contribution >= 4 is 40.5 Å². The summed E-state index contributed by atoms with van der Waals surface area (Å²) in [5, 5.41) is 8.98. The van der Waals surface area contributed by atoms with E-state index in [1.165, 1.54) is 4.90 Å². The maximum absolute atomic E-state index is 12.4. The molecule has 0 atom stereocenters. The fourth-order valence-corrected chi connectivity index (χ4v) is 2.69. The number of anilines is 1. The number of benzene rings is 1. The van der Waals surface area contributed by atoms with E-state index in [2.05, 4.69) is 0 Å². The molecular weight excluding hydrogens is 298 g/mol. The normalized spacial score (nSPS) is 10.3. The molecule has 2 rings (SSSR count). The quantitative estimate of drug-likeness (QED) is 0.941. The van der Waals surface area contributed by atoms with Crippen LogP contribution >= 0.6 is 22.9 Å². The monoisotopic (exact) mass is 309 g/mol. The molecule has 0 spiro atoms. The van der Waals surface area contributed by atoms with Gasteiger partial charge in [-0.15, -0.1) is 11.3 Å². The van der Waals surface area contributed by atoms with E-state index in [0.717, 1.165) is 16.9 Å². The molecule has 0 saturated carbocycles. The highest BCUT2D eigenvalue weighted by atomic mass is 35.5. The molecule has 0 bridgehead atoms. The number of nitrogens with zero attached hydrogens (tertiary/aromatic N) is 1. The number of thiophene rings is 1. The Labute approximate surface area is 125 Å². The van der Waals surface area contributed by atoms with Crippen molar-refractivity contribution in [1.29, 1.82) is 0 Å². The summed E-state index contributed by atoms with van der Waals surface area (Å²) in [5.41, 5.74) is 1.59. The van der Waals surface area contributed by atoms with Crippen molar-refractivity contribution in [3.8, 4) is 0 Å². The molecule has 1 aromatic carbocycles. The Morgan fingerprint density at radius 3 is 2.35 bits per heavy atom. The van der Waals surface area contributed by atoms with Crippen LogP contribution in [0.25, 0.3) is 0 Å². The molecule has 20 heavy (non-hydrogen) atoms. The zero-order valence-corrected chi connectivity index (χ0v) is 12.2. The number of carbonyl (C=O) groups is 2. The van der Waals surface area contributed by atoms with E-state index >= 15 is 0 Å². The number of aryl methyl sites for hydroxylation is 1. The molecule has 1 aromatic heterocycles. The van der Waals surface area contributed by atoms with Crippen molar-refractivity contribution in [1.82, 2.24) is 0 Å². The van der Waals surface area contributed by atoms with Gasteiger partial charge in [0.15, 0.2) is 0 Å². The summed E-state index contributed by atoms with van der Waals surface area (Å²) >= 11 is 6.94. The van der Waals surface area contributed by atoms with Crippen LogP contribution in [0.4, 0.5) is 5.69 Å². The van der Waals surface area contributed by atoms with E-state index < -0.39 is 12.5 Å². The maximum Gasteiger partial charge on any atom is 0.323 e. The van der Waals surface area contributed by atoms with E-state index in [0.29, 0.717) is 14.9 Å². The van der Waals surface area contributed by atoms with Gasteiger partial charge in [-0.2, -0.15) is 0 Å². The lowest BCUT2D eigenvalue weighted by atomic mass is 10.2. The summed E-state index contributed by atoms with van der Waals surface area (Å²) in [6, 6.07) is 10.3. The molecule has 1 amide bonds. The standard InChI is InChI=1S/C14H12ClNO3S/c1-9-2-4-10(5-3-9)16(8-13(17)18)14(19)11-6-7-12(15)20-11/h2-7H,8H2,1H3,(H,17,18). The van der Waals surface area contributed by atoms with Gasteiger partial charge < -0.3 is 5.11 Å². The molecule has 0 radical (unpaired) electrons. The maximum atomic E-state index is 12.4. The van der Waals surface area contributed by atoms with E-state index in [1.54, 1.807) is 24.3 Å². The summed E-state index contributed by atoms with van der Waals surface area (Å²) < 4.78 is 0.493. The van der Waals surface area contributed by atoms with Gasteiger partial charge in [-0.25, -0.2) is 0 Å². The average Bonchev–Trinajstić information content (AvgIpc) is 2.83. The summed E-state index contributed by atoms with van der Waals surface area (Å²) in [7, 11) is 0. The molecular formula is C14H12ClNO3S. The fourth-order valence-electron chi connectivity index (χ4n) is 1.70. The number of carbonyl (C=O) groups excluding carboxylic acids is 1. The minimum Gasteiger partial charge on any atom is -0.480 e. The second kappa shape index (κ2) is 6.07. The molecule has 6 heteroatoms.